The fourth-order valence-electron chi connectivity index (χ4n) is 1.34. The Morgan fingerprint density at radius 1 is 1.50 bits per heavy atom. The van der Waals surface area contributed by atoms with Gasteiger partial charge in [0.1, 0.15) is 11.9 Å². The van der Waals surface area contributed by atoms with Crippen molar-refractivity contribution in [1.82, 2.24) is 9.97 Å². The summed E-state index contributed by atoms with van der Waals surface area (Å²) in [6.07, 6.45) is 1.08. The summed E-state index contributed by atoms with van der Waals surface area (Å²) in [4.78, 5) is 18.0. The van der Waals surface area contributed by atoms with E-state index in [2.05, 4.69) is 31.2 Å². The minimum absolute atomic E-state index is 0.155. The van der Waals surface area contributed by atoms with E-state index in [1.807, 2.05) is 0 Å². The lowest BCUT2D eigenvalue weighted by molar-refractivity contribution is -0.386. The Morgan fingerprint density at radius 2 is 2.25 bits per heavy atom. The van der Waals surface area contributed by atoms with Crippen LogP contribution in [0.15, 0.2) is 28.9 Å². The van der Waals surface area contributed by atoms with Gasteiger partial charge in [0.15, 0.2) is 0 Å². The Balaban J connectivity index is 2.43. The van der Waals surface area contributed by atoms with Gasteiger partial charge in [0.25, 0.3) is 0 Å². The molecule has 0 amide bonds. The molecule has 0 unspecified atom stereocenters. The molecule has 0 aliphatic carbocycles. The summed E-state index contributed by atoms with van der Waals surface area (Å²) in [6, 6.07) is 4.80. The highest BCUT2D eigenvalue weighted by molar-refractivity contribution is 9.10. The standard InChI is InChI=1S/C11H8BrClN4O3/c1-14-11-15-5-8(17(18)19)10(16-11)20-9-3-2-6(13)4-7(9)12/h2-5H,1H3,(H,14,15,16). The number of nitro groups is 1. The van der Waals surface area contributed by atoms with Crippen molar-refractivity contribution in [3.8, 4) is 11.6 Å². The maximum atomic E-state index is 10.9. The molecular formula is C11H8BrClN4O3. The van der Waals surface area contributed by atoms with E-state index < -0.39 is 4.92 Å². The Bertz CT molecular complexity index is 668. The average Bonchev–Trinajstić information content (AvgIpc) is 2.41. The molecule has 20 heavy (non-hydrogen) atoms. The molecular weight excluding hydrogens is 352 g/mol. The van der Waals surface area contributed by atoms with Crippen molar-refractivity contribution in [2.45, 2.75) is 0 Å². The number of benzene rings is 1. The van der Waals surface area contributed by atoms with Crippen molar-refractivity contribution < 1.29 is 9.66 Å². The van der Waals surface area contributed by atoms with E-state index in [0.717, 1.165) is 6.20 Å². The van der Waals surface area contributed by atoms with Gasteiger partial charge in [-0.3, -0.25) is 10.1 Å². The van der Waals surface area contributed by atoms with Gasteiger partial charge in [-0.1, -0.05) is 11.6 Å². The van der Waals surface area contributed by atoms with Crippen LogP contribution >= 0.6 is 27.5 Å². The first kappa shape index (κ1) is 14.5. The van der Waals surface area contributed by atoms with Crippen molar-refractivity contribution >= 4 is 39.2 Å². The van der Waals surface area contributed by atoms with Crippen LogP contribution in [0.2, 0.25) is 5.02 Å². The molecule has 0 saturated heterocycles. The first-order valence-corrected chi connectivity index (χ1v) is 6.50. The van der Waals surface area contributed by atoms with Gasteiger partial charge in [-0.15, -0.1) is 0 Å². The maximum absolute atomic E-state index is 10.9. The van der Waals surface area contributed by atoms with Crippen molar-refractivity contribution in [3.63, 3.8) is 0 Å². The molecule has 0 bridgehead atoms. The molecule has 0 spiro atoms. The van der Waals surface area contributed by atoms with Crippen LogP contribution in [0.1, 0.15) is 0 Å². The van der Waals surface area contributed by atoms with Crippen LogP contribution in [-0.4, -0.2) is 21.9 Å². The Hall–Kier alpha value is -1.93. The number of hydrogen-bond donors (Lipinski definition) is 1. The fraction of sp³-hybridized carbons (Fsp3) is 0.0909. The molecule has 0 fully saturated rings. The normalized spacial score (nSPS) is 10.2. The number of nitrogens with one attached hydrogen (secondary N) is 1. The van der Waals surface area contributed by atoms with Gasteiger partial charge < -0.3 is 10.1 Å². The second kappa shape index (κ2) is 6.02. The number of aromatic nitrogens is 2. The molecule has 1 aromatic carbocycles. The van der Waals surface area contributed by atoms with Crippen LogP contribution in [-0.2, 0) is 0 Å². The predicted octanol–water partition coefficient (Wildman–Crippen LogP) is 3.63. The Morgan fingerprint density at radius 3 is 2.85 bits per heavy atom. The smallest absolute Gasteiger partial charge is 0.349 e. The van der Waals surface area contributed by atoms with Gasteiger partial charge in [-0.2, -0.15) is 4.98 Å². The van der Waals surface area contributed by atoms with Crippen molar-refractivity contribution in [1.29, 1.82) is 0 Å². The van der Waals surface area contributed by atoms with E-state index in [-0.39, 0.29) is 17.5 Å². The number of anilines is 1. The third kappa shape index (κ3) is 3.14. The lowest BCUT2D eigenvalue weighted by atomic mass is 10.3. The molecule has 9 heteroatoms. The molecule has 0 atom stereocenters. The van der Waals surface area contributed by atoms with E-state index in [1.165, 1.54) is 0 Å². The van der Waals surface area contributed by atoms with Gasteiger partial charge >= 0.3 is 11.6 Å². The van der Waals surface area contributed by atoms with Crippen LogP contribution < -0.4 is 10.1 Å². The summed E-state index contributed by atoms with van der Waals surface area (Å²) in [5.74, 6) is 0.423. The molecule has 0 radical (unpaired) electrons. The zero-order chi connectivity index (χ0) is 14.7. The van der Waals surface area contributed by atoms with Crippen LogP contribution in [0.4, 0.5) is 11.6 Å². The quantitative estimate of drug-likeness (QED) is 0.662. The van der Waals surface area contributed by atoms with E-state index in [9.17, 15) is 10.1 Å². The lowest BCUT2D eigenvalue weighted by Crippen LogP contribution is -2.02. The maximum Gasteiger partial charge on any atom is 0.349 e. The molecule has 104 valence electrons. The molecule has 0 aliphatic rings. The summed E-state index contributed by atoms with van der Waals surface area (Å²) in [5, 5.41) is 14.1. The molecule has 1 N–H and O–H groups in total. The summed E-state index contributed by atoms with van der Waals surface area (Å²) in [6.45, 7) is 0. The minimum atomic E-state index is -0.613. The van der Waals surface area contributed by atoms with Crippen molar-refractivity contribution in [2.24, 2.45) is 0 Å². The molecule has 1 aromatic heterocycles. The van der Waals surface area contributed by atoms with Gasteiger partial charge in [-0.05, 0) is 34.1 Å². The zero-order valence-electron chi connectivity index (χ0n) is 10.1. The van der Waals surface area contributed by atoms with Gasteiger partial charge in [-0.25, -0.2) is 4.98 Å². The summed E-state index contributed by atoms with van der Waals surface area (Å²) in [7, 11) is 1.60. The van der Waals surface area contributed by atoms with Crippen molar-refractivity contribution in [2.75, 3.05) is 12.4 Å². The Labute approximate surface area is 127 Å². The van der Waals surface area contributed by atoms with E-state index >= 15 is 0 Å². The molecule has 0 saturated carbocycles. The SMILES string of the molecule is CNc1ncc([N+](=O)[O-])c(Oc2ccc(Cl)cc2Br)n1. The van der Waals surface area contributed by atoms with E-state index in [0.29, 0.717) is 15.2 Å². The van der Waals surface area contributed by atoms with Crippen LogP contribution in [0.25, 0.3) is 0 Å². The van der Waals surface area contributed by atoms with E-state index in [4.69, 9.17) is 16.3 Å². The van der Waals surface area contributed by atoms with Gasteiger partial charge in [0, 0.05) is 12.1 Å². The second-order valence-electron chi connectivity index (χ2n) is 3.57. The lowest BCUT2D eigenvalue weighted by Gasteiger charge is -2.08. The van der Waals surface area contributed by atoms with Crippen LogP contribution in [0.5, 0.6) is 11.6 Å². The van der Waals surface area contributed by atoms with E-state index in [1.54, 1.807) is 25.2 Å². The van der Waals surface area contributed by atoms with Crippen molar-refractivity contribution in [3.05, 3.63) is 44.0 Å². The zero-order valence-corrected chi connectivity index (χ0v) is 12.5. The van der Waals surface area contributed by atoms with Crippen LogP contribution in [0.3, 0.4) is 0 Å². The third-order valence-corrected chi connectivity index (χ3v) is 3.11. The number of rotatable bonds is 4. The highest BCUT2D eigenvalue weighted by Crippen LogP contribution is 2.34. The monoisotopic (exact) mass is 358 g/mol. The number of ether oxygens (including phenoxy) is 1. The molecule has 0 aliphatic heterocycles. The number of nitrogens with zero attached hydrogens (tertiary/aromatic N) is 3. The first-order chi connectivity index (χ1) is 9.51. The first-order valence-electron chi connectivity index (χ1n) is 5.33. The molecule has 1 heterocycles. The van der Waals surface area contributed by atoms with Crippen LogP contribution in [0, 0.1) is 10.1 Å². The molecule has 2 rings (SSSR count). The topological polar surface area (TPSA) is 90.2 Å². The largest absolute Gasteiger partial charge is 0.432 e. The number of hydrogen-bond acceptors (Lipinski definition) is 6. The summed E-state index contributed by atoms with van der Waals surface area (Å²) >= 11 is 9.08. The second-order valence-corrected chi connectivity index (χ2v) is 4.86. The predicted molar refractivity (Wildman–Crippen MR) is 77.5 cm³/mol. The highest BCUT2D eigenvalue weighted by Gasteiger charge is 2.20. The molecule has 7 nitrogen and oxygen atoms in total. The number of halogens is 2. The minimum Gasteiger partial charge on any atom is -0.432 e. The summed E-state index contributed by atoms with van der Waals surface area (Å²) in [5.41, 5.74) is -0.328. The molecule has 2 aromatic rings. The summed E-state index contributed by atoms with van der Waals surface area (Å²) < 4.78 is 6.02. The highest BCUT2D eigenvalue weighted by atomic mass is 79.9. The Kier molecular flexibility index (Phi) is 4.35. The average molecular weight is 360 g/mol. The fourth-order valence-corrected chi connectivity index (χ4v) is 2.11. The third-order valence-electron chi connectivity index (χ3n) is 2.26. The van der Waals surface area contributed by atoms with Gasteiger partial charge in [0.2, 0.25) is 5.95 Å². The van der Waals surface area contributed by atoms with Gasteiger partial charge in [0.05, 0.1) is 9.40 Å².